The van der Waals surface area contributed by atoms with Crippen LogP contribution in [0, 0.1) is 0 Å². The first-order chi connectivity index (χ1) is 8.29. The molecule has 2 saturated heterocycles. The summed E-state index contributed by atoms with van der Waals surface area (Å²) >= 11 is 0. The average Bonchev–Trinajstić information content (AvgIpc) is 2.89. The maximum atomic E-state index is 12.0. The Labute approximate surface area is 102 Å². The highest BCUT2D eigenvalue weighted by Gasteiger charge is 2.24. The number of ether oxygens (including phenoxy) is 1. The molecule has 98 valence electrons. The van der Waals surface area contributed by atoms with Crippen LogP contribution >= 0.6 is 0 Å². The molecule has 0 spiro atoms. The third kappa shape index (κ3) is 3.66. The van der Waals surface area contributed by atoms with Crippen molar-refractivity contribution in [2.75, 3.05) is 32.8 Å². The van der Waals surface area contributed by atoms with Gasteiger partial charge in [0.2, 0.25) is 5.91 Å². The van der Waals surface area contributed by atoms with Gasteiger partial charge in [-0.05, 0) is 25.8 Å². The number of nitrogens with one attached hydrogen (secondary N) is 1. The van der Waals surface area contributed by atoms with Gasteiger partial charge in [-0.1, -0.05) is 0 Å². The molecule has 2 fully saturated rings. The molecule has 2 rings (SSSR count). The van der Waals surface area contributed by atoms with Gasteiger partial charge in [0.1, 0.15) is 0 Å². The second-order valence-corrected chi connectivity index (χ2v) is 4.85. The van der Waals surface area contributed by atoms with Gasteiger partial charge in [-0.3, -0.25) is 4.79 Å². The number of carbonyl (C=O) groups excluding carboxylic acids is 1. The molecule has 0 aromatic rings. The van der Waals surface area contributed by atoms with Crippen LogP contribution in [0.4, 0.5) is 0 Å². The van der Waals surface area contributed by atoms with Crippen LogP contribution in [0.1, 0.15) is 25.7 Å². The van der Waals surface area contributed by atoms with Crippen LogP contribution < -0.4 is 5.32 Å². The number of nitrogens with zero attached hydrogens (tertiary/aromatic N) is 1. The van der Waals surface area contributed by atoms with Crippen LogP contribution in [0.3, 0.4) is 0 Å². The Morgan fingerprint density at radius 3 is 3.12 bits per heavy atom. The second-order valence-electron chi connectivity index (χ2n) is 4.85. The zero-order valence-corrected chi connectivity index (χ0v) is 10.2. The highest BCUT2D eigenvalue weighted by molar-refractivity contribution is 5.76. The Bertz CT molecular complexity index is 254. The van der Waals surface area contributed by atoms with Gasteiger partial charge in [0, 0.05) is 25.6 Å². The van der Waals surface area contributed by atoms with Crippen molar-refractivity contribution < 1.29 is 14.6 Å². The molecule has 0 aliphatic carbocycles. The number of carbonyl (C=O) groups is 1. The van der Waals surface area contributed by atoms with E-state index in [1.807, 2.05) is 4.90 Å². The van der Waals surface area contributed by atoms with Gasteiger partial charge in [-0.15, -0.1) is 0 Å². The zero-order chi connectivity index (χ0) is 12.1. The molecule has 0 saturated carbocycles. The SMILES string of the molecule is O=C(CCC1CCCN1)N1CCOC(CO)C1. The minimum absolute atomic E-state index is 0.00599. The number of hydrogen-bond acceptors (Lipinski definition) is 4. The normalized spacial score (nSPS) is 29.6. The van der Waals surface area contributed by atoms with Crippen molar-refractivity contribution in [1.82, 2.24) is 10.2 Å². The lowest BCUT2D eigenvalue weighted by molar-refractivity contribution is -0.140. The summed E-state index contributed by atoms with van der Waals surface area (Å²) in [6, 6.07) is 0.522. The minimum atomic E-state index is -0.197. The van der Waals surface area contributed by atoms with Crippen LogP contribution in [-0.2, 0) is 9.53 Å². The third-order valence-electron chi connectivity index (χ3n) is 3.56. The summed E-state index contributed by atoms with van der Waals surface area (Å²) in [5.41, 5.74) is 0. The monoisotopic (exact) mass is 242 g/mol. The number of morpholine rings is 1. The van der Waals surface area contributed by atoms with Gasteiger partial charge in [0.05, 0.1) is 19.3 Å². The van der Waals surface area contributed by atoms with Crippen molar-refractivity contribution in [3.63, 3.8) is 0 Å². The maximum absolute atomic E-state index is 12.0. The molecule has 2 atom stereocenters. The smallest absolute Gasteiger partial charge is 0.222 e. The fraction of sp³-hybridized carbons (Fsp3) is 0.917. The van der Waals surface area contributed by atoms with Gasteiger partial charge in [-0.25, -0.2) is 0 Å². The summed E-state index contributed by atoms with van der Waals surface area (Å²) in [5.74, 6) is 0.195. The molecule has 0 aromatic heterocycles. The first kappa shape index (κ1) is 12.8. The summed E-state index contributed by atoms with van der Waals surface area (Å²) in [7, 11) is 0. The molecule has 1 amide bonds. The van der Waals surface area contributed by atoms with E-state index in [0.717, 1.165) is 13.0 Å². The Kier molecular flexibility index (Phi) is 4.76. The summed E-state index contributed by atoms with van der Waals surface area (Å²) in [6.45, 7) is 2.82. The van der Waals surface area contributed by atoms with Crippen LogP contribution in [0.2, 0.25) is 0 Å². The largest absolute Gasteiger partial charge is 0.394 e. The lowest BCUT2D eigenvalue weighted by atomic mass is 10.1. The molecule has 0 aromatic carbocycles. The van der Waals surface area contributed by atoms with Crippen molar-refractivity contribution in [1.29, 1.82) is 0 Å². The van der Waals surface area contributed by atoms with Crippen LogP contribution in [0.15, 0.2) is 0 Å². The number of hydrogen-bond donors (Lipinski definition) is 2. The first-order valence-corrected chi connectivity index (χ1v) is 6.53. The van der Waals surface area contributed by atoms with E-state index in [-0.39, 0.29) is 18.6 Å². The van der Waals surface area contributed by atoms with Gasteiger partial charge < -0.3 is 20.1 Å². The molecule has 2 N–H and O–H groups in total. The Balaban J connectivity index is 1.71. The first-order valence-electron chi connectivity index (χ1n) is 6.53. The molecular formula is C12H22N2O3. The van der Waals surface area contributed by atoms with E-state index < -0.39 is 0 Å². The van der Waals surface area contributed by atoms with Crippen molar-refractivity contribution in [2.45, 2.75) is 37.8 Å². The average molecular weight is 242 g/mol. The maximum Gasteiger partial charge on any atom is 0.222 e. The number of aliphatic hydroxyl groups is 1. The highest BCUT2D eigenvalue weighted by Crippen LogP contribution is 2.13. The third-order valence-corrected chi connectivity index (χ3v) is 3.56. The fourth-order valence-corrected chi connectivity index (χ4v) is 2.52. The van der Waals surface area contributed by atoms with Crippen molar-refractivity contribution >= 4 is 5.91 Å². The number of rotatable bonds is 4. The van der Waals surface area contributed by atoms with Gasteiger partial charge in [-0.2, -0.15) is 0 Å². The minimum Gasteiger partial charge on any atom is -0.394 e. The predicted molar refractivity (Wildman–Crippen MR) is 63.7 cm³/mol. The molecule has 2 unspecified atom stereocenters. The van der Waals surface area contributed by atoms with E-state index in [1.54, 1.807) is 0 Å². The van der Waals surface area contributed by atoms with Gasteiger partial charge in [0.25, 0.3) is 0 Å². The number of amides is 1. The van der Waals surface area contributed by atoms with E-state index in [1.165, 1.54) is 12.8 Å². The lowest BCUT2D eigenvalue weighted by Gasteiger charge is -2.32. The van der Waals surface area contributed by atoms with E-state index in [4.69, 9.17) is 9.84 Å². The summed E-state index contributed by atoms with van der Waals surface area (Å²) in [6.07, 6.45) is 3.76. The zero-order valence-electron chi connectivity index (χ0n) is 10.2. The van der Waals surface area contributed by atoms with Crippen molar-refractivity contribution in [3.05, 3.63) is 0 Å². The Hall–Kier alpha value is -0.650. The van der Waals surface area contributed by atoms with E-state index >= 15 is 0 Å². The molecule has 0 radical (unpaired) electrons. The van der Waals surface area contributed by atoms with Crippen molar-refractivity contribution in [3.8, 4) is 0 Å². The lowest BCUT2D eigenvalue weighted by Crippen LogP contribution is -2.47. The molecule has 5 heteroatoms. The van der Waals surface area contributed by atoms with E-state index in [9.17, 15) is 4.79 Å². The standard InChI is InChI=1S/C12H22N2O3/c15-9-11-8-14(6-7-17-11)12(16)4-3-10-2-1-5-13-10/h10-11,13,15H,1-9H2. The van der Waals surface area contributed by atoms with Gasteiger partial charge in [0.15, 0.2) is 0 Å². The van der Waals surface area contributed by atoms with Crippen LogP contribution in [0.5, 0.6) is 0 Å². The summed E-state index contributed by atoms with van der Waals surface area (Å²) in [5, 5.41) is 12.4. The number of aliphatic hydroxyl groups excluding tert-OH is 1. The molecule has 2 heterocycles. The topological polar surface area (TPSA) is 61.8 Å². The Morgan fingerprint density at radius 2 is 2.41 bits per heavy atom. The van der Waals surface area contributed by atoms with E-state index in [2.05, 4.69) is 5.32 Å². The van der Waals surface area contributed by atoms with Crippen LogP contribution in [0.25, 0.3) is 0 Å². The molecular weight excluding hydrogens is 220 g/mol. The molecule has 2 aliphatic heterocycles. The van der Waals surface area contributed by atoms with Crippen LogP contribution in [-0.4, -0.2) is 60.9 Å². The Morgan fingerprint density at radius 1 is 1.53 bits per heavy atom. The second kappa shape index (κ2) is 6.33. The van der Waals surface area contributed by atoms with Crippen molar-refractivity contribution in [2.24, 2.45) is 0 Å². The van der Waals surface area contributed by atoms with Gasteiger partial charge >= 0.3 is 0 Å². The molecule has 0 bridgehead atoms. The molecule has 17 heavy (non-hydrogen) atoms. The quantitative estimate of drug-likeness (QED) is 0.713. The highest BCUT2D eigenvalue weighted by atomic mass is 16.5. The summed E-state index contributed by atoms with van der Waals surface area (Å²) < 4.78 is 5.33. The fourth-order valence-electron chi connectivity index (χ4n) is 2.52. The van der Waals surface area contributed by atoms with E-state index in [0.29, 0.717) is 32.2 Å². The molecule has 2 aliphatic rings. The molecule has 5 nitrogen and oxygen atoms in total. The predicted octanol–water partition coefficient (Wildman–Crippen LogP) is -0.262. The summed E-state index contributed by atoms with van der Waals surface area (Å²) in [4.78, 5) is 13.8.